The topological polar surface area (TPSA) is 72.2 Å². The smallest absolute Gasteiger partial charge is 0.261 e. The molecule has 3 N–H and O–H groups in total. The molecule has 0 fully saturated rings. The van der Waals surface area contributed by atoms with Crippen molar-refractivity contribution in [1.82, 2.24) is 0 Å². The molecular weight excluding hydrogens is 315 g/mol. The normalized spacial score (nSPS) is 11.4. The van der Waals surface area contributed by atoms with Crippen LogP contribution in [0, 0.1) is 5.82 Å². The summed E-state index contributed by atoms with van der Waals surface area (Å²) in [5.41, 5.74) is 6.52. The van der Waals surface area contributed by atoms with Gasteiger partial charge in [-0.15, -0.1) is 0 Å². The molecule has 0 aliphatic carbocycles. The fraction of sp³-hybridized carbons (Fsp3) is 0.143. The van der Waals surface area contributed by atoms with Crippen LogP contribution >= 0.6 is 11.6 Å². The molecule has 0 spiro atoms. The van der Waals surface area contributed by atoms with Crippen LogP contribution in [0.4, 0.5) is 10.1 Å². The van der Waals surface area contributed by atoms with Crippen molar-refractivity contribution < 1.29 is 12.8 Å². The number of nitrogens with one attached hydrogen (secondary N) is 1. The standard InChI is InChI=1S/C14H14ClFN2O2S/c15-13-9-11(16)3-6-14(13)18-21(19,20)12-4-1-10(2-5-12)7-8-17/h1-6,9,18H,7-8,17H2. The number of hydrogen-bond donors (Lipinski definition) is 2. The minimum absolute atomic E-state index is 0.00155. The maximum absolute atomic E-state index is 12.9. The molecule has 112 valence electrons. The lowest BCUT2D eigenvalue weighted by Crippen LogP contribution is -2.13. The van der Waals surface area contributed by atoms with Gasteiger partial charge in [-0.3, -0.25) is 4.72 Å². The van der Waals surface area contributed by atoms with E-state index in [1.807, 2.05) is 0 Å². The Morgan fingerprint density at radius 1 is 1.14 bits per heavy atom. The van der Waals surface area contributed by atoms with E-state index in [2.05, 4.69) is 4.72 Å². The Bertz CT molecular complexity index is 733. The molecule has 0 saturated carbocycles. The highest BCUT2D eigenvalue weighted by atomic mass is 35.5. The number of nitrogens with two attached hydrogens (primary N) is 1. The number of rotatable bonds is 5. The van der Waals surface area contributed by atoms with Crippen LogP contribution in [-0.2, 0) is 16.4 Å². The maximum atomic E-state index is 12.9. The Kier molecular flexibility index (Phi) is 4.82. The molecule has 2 rings (SSSR count). The van der Waals surface area contributed by atoms with Crippen molar-refractivity contribution in [2.45, 2.75) is 11.3 Å². The van der Waals surface area contributed by atoms with Gasteiger partial charge in [0.1, 0.15) is 5.82 Å². The van der Waals surface area contributed by atoms with Crippen LogP contribution in [0.15, 0.2) is 47.4 Å². The number of anilines is 1. The molecule has 0 aromatic heterocycles. The molecule has 0 aliphatic heterocycles. The Balaban J connectivity index is 2.25. The van der Waals surface area contributed by atoms with E-state index in [-0.39, 0.29) is 15.6 Å². The maximum Gasteiger partial charge on any atom is 0.261 e. The first kappa shape index (κ1) is 15.8. The van der Waals surface area contributed by atoms with Gasteiger partial charge in [0.15, 0.2) is 0 Å². The van der Waals surface area contributed by atoms with Gasteiger partial charge in [-0.2, -0.15) is 0 Å². The van der Waals surface area contributed by atoms with Crippen molar-refractivity contribution in [2.24, 2.45) is 5.73 Å². The molecule has 0 saturated heterocycles. The van der Waals surface area contributed by atoms with Gasteiger partial charge in [0.05, 0.1) is 15.6 Å². The van der Waals surface area contributed by atoms with Crippen LogP contribution in [0.2, 0.25) is 5.02 Å². The van der Waals surface area contributed by atoms with Crippen molar-refractivity contribution in [3.8, 4) is 0 Å². The molecular formula is C14H14ClFN2O2S. The molecule has 0 bridgehead atoms. The molecule has 4 nitrogen and oxygen atoms in total. The van der Waals surface area contributed by atoms with Crippen LogP contribution < -0.4 is 10.5 Å². The first-order valence-electron chi connectivity index (χ1n) is 6.19. The molecule has 7 heteroatoms. The zero-order valence-electron chi connectivity index (χ0n) is 11.0. The molecule has 0 unspecified atom stereocenters. The number of hydrogen-bond acceptors (Lipinski definition) is 3. The van der Waals surface area contributed by atoms with Crippen molar-refractivity contribution in [2.75, 3.05) is 11.3 Å². The summed E-state index contributed by atoms with van der Waals surface area (Å²) in [6, 6.07) is 9.84. The van der Waals surface area contributed by atoms with Gasteiger partial charge in [-0.1, -0.05) is 23.7 Å². The summed E-state index contributed by atoms with van der Waals surface area (Å²) in [6.07, 6.45) is 0.678. The van der Waals surface area contributed by atoms with Gasteiger partial charge >= 0.3 is 0 Å². The Morgan fingerprint density at radius 2 is 1.81 bits per heavy atom. The summed E-state index contributed by atoms with van der Waals surface area (Å²) in [4.78, 5) is 0.101. The molecule has 0 atom stereocenters. The lowest BCUT2D eigenvalue weighted by molar-refractivity contribution is 0.601. The van der Waals surface area contributed by atoms with Gasteiger partial charge in [0, 0.05) is 0 Å². The predicted octanol–water partition coefficient (Wildman–Crippen LogP) is 2.78. The third kappa shape index (κ3) is 3.93. The average molecular weight is 329 g/mol. The highest BCUT2D eigenvalue weighted by molar-refractivity contribution is 7.92. The summed E-state index contributed by atoms with van der Waals surface area (Å²) in [5.74, 6) is -0.533. The summed E-state index contributed by atoms with van der Waals surface area (Å²) in [6.45, 7) is 0.496. The highest BCUT2D eigenvalue weighted by Gasteiger charge is 2.15. The van der Waals surface area contributed by atoms with Gasteiger partial charge in [0.2, 0.25) is 0 Å². The Hall–Kier alpha value is -1.63. The monoisotopic (exact) mass is 328 g/mol. The second-order valence-electron chi connectivity index (χ2n) is 4.41. The predicted molar refractivity (Wildman–Crippen MR) is 81.4 cm³/mol. The van der Waals surface area contributed by atoms with Crippen LogP contribution in [0.3, 0.4) is 0 Å². The fourth-order valence-corrected chi connectivity index (χ4v) is 3.13. The highest BCUT2D eigenvalue weighted by Crippen LogP contribution is 2.25. The summed E-state index contributed by atoms with van der Waals surface area (Å²) in [7, 11) is -3.77. The average Bonchev–Trinajstić information content (AvgIpc) is 2.43. The second kappa shape index (κ2) is 6.43. The largest absolute Gasteiger partial charge is 0.330 e. The van der Waals surface area contributed by atoms with Gasteiger partial charge in [-0.05, 0) is 48.9 Å². The SMILES string of the molecule is NCCc1ccc(S(=O)(=O)Nc2ccc(F)cc2Cl)cc1. The third-order valence-electron chi connectivity index (χ3n) is 2.84. The quantitative estimate of drug-likeness (QED) is 0.886. The minimum atomic E-state index is -3.77. The lowest BCUT2D eigenvalue weighted by atomic mass is 10.2. The van der Waals surface area contributed by atoms with Crippen LogP contribution in [0.5, 0.6) is 0 Å². The van der Waals surface area contributed by atoms with Gasteiger partial charge < -0.3 is 5.73 Å². The van der Waals surface area contributed by atoms with E-state index in [0.29, 0.717) is 13.0 Å². The van der Waals surface area contributed by atoms with E-state index >= 15 is 0 Å². The van der Waals surface area contributed by atoms with E-state index < -0.39 is 15.8 Å². The summed E-state index contributed by atoms with van der Waals surface area (Å²) >= 11 is 5.81. The number of halogens is 2. The molecule has 0 heterocycles. The molecule has 2 aromatic carbocycles. The zero-order valence-corrected chi connectivity index (χ0v) is 12.6. The van der Waals surface area contributed by atoms with E-state index in [4.69, 9.17) is 17.3 Å². The van der Waals surface area contributed by atoms with E-state index in [0.717, 1.165) is 17.7 Å². The fourth-order valence-electron chi connectivity index (χ4n) is 1.78. The number of benzene rings is 2. The second-order valence-corrected chi connectivity index (χ2v) is 6.50. The summed E-state index contributed by atoms with van der Waals surface area (Å²) in [5, 5.41) is -0.00155. The first-order valence-corrected chi connectivity index (χ1v) is 8.05. The van der Waals surface area contributed by atoms with Crippen LogP contribution in [-0.4, -0.2) is 15.0 Å². The molecule has 21 heavy (non-hydrogen) atoms. The van der Waals surface area contributed by atoms with Crippen LogP contribution in [0.1, 0.15) is 5.56 Å². The van der Waals surface area contributed by atoms with Gasteiger partial charge in [0.25, 0.3) is 10.0 Å². The van der Waals surface area contributed by atoms with Crippen molar-refractivity contribution >= 4 is 27.3 Å². The molecule has 2 aromatic rings. The molecule has 0 aliphatic rings. The Morgan fingerprint density at radius 3 is 2.38 bits per heavy atom. The lowest BCUT2D eigenvalue weighted by Gasteiger charge is -2.10. The van der Waals surface area contributed by atoms with Crippen LogP contribution in [0.25, 0.3) is 0 Å². The zero-order chi connectivity index (χ0) is 15.5. The third-order valence-corrected chi connectivity index (χ3v) is 4.54. The minimum Gasteiger partial charge on any atom is -0.330 e. The van der Waals surface area contributed by atoms with E-state index in [1.54, 1.807) is 12.1 Å². The van der Waals surface area contributed by atoms with Crippen molar-refractivity contribution in [1.29, 1.82) is 0 Å². The number of sulfonamides is 1. The first-order chi connectivity index (χ1) is 9.92. The van der Waals surface area contributed by atoms with E-state index in [9.17, 15) is 12.8 Å². The Labute approximate surface area is 127 Å². The van der Waals surface area contributed by atoms with Crippen molar-refractivity contribution in [3.05, 3.63) is 58.9 Å². The molecule has 0 radical (unpaired) electrons. The summed E-state index contributed by atoms with van der Waals surface area (Å²) < 4.78 is 39.7. The van der Waals surface area contributed by atoms with E-state index in [1.165, 1.54) is 18.2 Å². The van der Waals surface area contributed by atoms with Crippen molar-refractivity contribution in [3.63, 3.8) is 0 Å². The van der Waals surface area contributed by atoms with Gasteiger partial charge in [-0.25, -0.2) is 12.8 Å². The molecule has 0 amide bonds.